The molecule has 1 atom stereocenters. The molecule has 0 aliphatic heterocycles. The Hall–Kier alpha value is -1.30. The molecule has 4 N–H and O–H groups in total. The van der Waals surface area contributed by atoms with Gasteiger partial charge < -0.3 is 11.5 Å². The van der Waals surface area contributed by atoms with Crippen molar-refractivity contribution in [3.05, 3.63) is 24.0 Å². The smallest absolute Gasteiger partial charge is 0.389 e. The van der Waals surface area contributed by atoms with Gasteiger partial charge in [0.1, 0.15) is 0 Å². The average Bonchev–Trinajstić information content (AvgIpc) is 2.14. The predicted octanol–water partition coefficient (Wildman–Crippen LogP) is 2.01. The van der Waals surface area contributed by atoms with Crippen molar-refractivity contribution in [2.24, 2.45) is 5.73 Å². The minimum Gasteiger partial charge on any atom is -0.398 e. The fourth-order valence-electron chi connectivity index (χ4n) is 1.20. The van der Waals surface area contributed by atoms with Crippen molar-refractivity contribution in [3.8, 4) is 0 Å². The number of nitrogen functional groups attached to an aromatic ring is 1. The number of rotatable bonds is 3. The van der Waals surface area contributed by atoms with E-state index in [9.17, 15) is 13.2 Å². The summed E-state index contributed by atoms with van der Waals surface area (Å²) in [4.78, 5) is 3.77. The zero-order valence-corrected chi connectivity index (χ0v) is 7.96. The van der Waals surface area contributed by atoms with Gasteiger partial charge in [0.2, 0.25) is 0 Å². The summed E-state index contributed by atoms with van der Waals surface area (Å²) in [6.07, 6.45) is -2.41. The first-order chi connectivity index (χ1) is 6.90. The lowest BCUT2D eigenvalue weighted by Gasteiger charge is -2.14. The fourth-order valence-corrected chi connectivity index (χ4v) is 1.20. The average molecular weight is 219 g/mol. The highest BCUT2D eigenvalue weighted by molar-refractivity contribution is 5.45. The summed E-state index contributed by atoms with van der Waals surface area (Å²) in [6.45, 7) is 0. The monoisotopic (exact) mass is 219 g/mol. The van der Waals surface area contributed by atoms with Gasteiger partial charge in [0.05, 0.1) is 0 Å². The maximum Gasteiger partial charge on any atom is 0.389 e. The molecule has 0 bridgehead atoms. The molecule has 1 heterocycles. The molecular weight excluding hydrogens is 207 g/mol. The van der Waals surface area contributed by atoms with Crippen LogP contribution in [0.4, 0.5) is 18.9 Å². The molecule has 0 saturated heterocycles. The topological polar surface area (TPSA) is 64.9 Å². The Morgan fingerprint density at radius 2 is 2.07 bits per heavy atom. The number of hydrogen-bond acceptors (Lipinski definition) is 3. The van der Waals surface area contributed by atoms with Crippen LogP contribution >= 0.6 is 0 Å². The third-order valence-electron chi connectivity index (χ3n) is 2.03. The maximum absolute atomic E-state index is 11.9. The van der Waals surface area contributed by atoms with Gasteiger partial charge in [-0.2, -0.15) is 13.2 Å². The first-order valence-electron chi connectivity index (χ1n) is 4.42. The van der Waals surface area contributed by atoms with Gasteiger partial charge in [0, 0.05) is 36.1 Å². The highest BCUT2D eigenvalue weighted by Crippen LogP contribution is 2.27. The number of anilines is 1. The first-order valence-corrected chi connectivity index (χ1v) is 4.42. The van der Waals surface area contributed by atoms with Gasteiger partial charge >= 0.3 is 6.18 Å². The van der Waals surface area contributed by atoms with E-state index >= 15 is 0 Å². The molecule has 0 spiro atoms. The normalized spacial score (nSPS) is 13.9. The van der Waals surface area contributed by atoms with Crippen molar-refractivity contribution in [1.29, 1.82) is 0 Å². The zero-order valence-electron chi connectivity index (χ0n) is 7.96. The minimum absolute atomic E-state index is 0.181. The molecule has 6 heteroatoms. The van der Waals surface area contributed by atoms with Crippen LogP contribution in [-0.4, -0.2) is 11.2 Å². The lowest BCUT2D eigenvalue weighted by molar-refractivity contribution is -0.136. The van der Waals surface area contributed by atoms with Gasteiger partial charge in [-0.15, -0.1) is 0 Å². The van der Waals surface area contributed by atoms with E-state index in [0.29, 0.717) is 11.3 Å². The molecule has 0 fully saturated rings. The molecule has 3 nitrogen and oxygen atoms in total. The Bertz CT molecular complexity index is 325. The molecule has 0 aromatic carbocycles. The Balaban J connectivity index is 2.62. The second-order valence-corrected chi connectivity index (χ2v) is 3.26. The predicted molar refractivity (Wildman–Crippen MR) is 50.9 cm³/mol. The summed E-state index contributed by atoms with van der Waals surface area (Å²) in [5.41, 5.74) is 12.0. The number of alkyl halides is 3. The molecule has 15 heavy (non-hydrogen) atoms. The summed E-state index contributed by atoms with van der Waals surface area (Å²) in [5.74, 6) is 0. The zero-order chi connectivity index (χ0) is 11.5. The van der Waals surface area contributed by atoms with Gasteiger partial charge in [0.15, 0.2) is 0 Å². The van der Waals surface area contributed by atoms with E-state index in [1.54, 1.807) is 0 Å². The molecule has 0 saturated carbocycles. The molecule has 0 aliphatic rings. The SMILES string of the molecule is Nc1ccncc1C(N)CCC(F)(F)F. The first kappa shape index (κ1) is 11.8. The lowest BCUT2D eigenvalue weighted by Crippen LogP contribution is -2.17. The number of pyridine rings is 1. The van der Waals surface area contributed by atoms with Crippen LogP contribution in [0.15, 0.2) is 18.5 Å². The van der Waals surface area contributed by atoms with Crippen molar-refractivity contribution in [1.82, 2.24) is 4.98 Å². The van der Waals surface area contributed by atoms with Crippen LogP contribution in [0.3, 0.4) is 0 Å². The molecular formula is C9H12F3N3. The van der Waals surface area contributed by atoms with E-state index in [0.717, 1.165) is 0 Å². The van der Waals surface area contributed by atoms with Gasteiger partial charge in [-0.05, 0) is 12.5 Å². The number of halogens is 3. The standard InChI is InChI=1S/C9H12F3N3/c10-9(11,12)3-1-7(13)6-5-15-4-2-8(6)14/h2,4-5,7H,1,3,13H2,(H2,14,15). The van der Waals surface area contributed by atoms with Crippen molar-refractivity contribution >= 4 is 5.69 Å². The molecule has 0 amide bonds. The summed E-state index contributed by atoms with van der Waals surface area (Å²) in [6, 6.07) is 0.795. The highest BCUT2D eigenvalue weighted by Gasteiger charge is 2.28. The van der Waals surface area contributed by atoms with E-state index in [-0.39, 0.29) is 6.42 Å². The lowest BCUT2D eigenvalue weighted by atomic mass is 10.0. The number of nitrogens with two attached hydrogens (primary N) is 2. The summed E-state index contributed by atoms with van der Waals surface area (Å²) in [5, 5.41) is 0. The Morgan fingerprint density at radius 3 is 2.60 bits per heavy atom. The second kappa shape index (κ2) is 4.48. The van der Waals surface area contributed by atoms with Gasteiger partial charge in [-0.3, -0.25) is 4.98 Å². The van der Waals surface area contributed by atoms with Crippen molar-refractivity contribution in [2.45, 2.75) is 25.1 Å². The van der Waals surface area contributed by atoms with Crippen LogP contribution < -0.4 is 11.5 Å². The van der Waals surface area contributed by atoms with E-state index in [4.69, 9.17) is 11.5 Å². The highest BCUT2D eigenvalue weighted by atomic mass is 19.4. The Labute approximate surface area is 85.3 Å². The van der Waals surface area contributed by atoms with E-state index in [2.05, 4.69) is 4.98 Å². The summed E-state index contributed by atoms with van der Waals surface area (Å²) in [7, 11) is 0. The summed E-state index contributed by atoms with van der Waals surface area (Å²) < 4.78 is 35.8. The molecule has 1 aromatic heterocycles. The van der Waals surface area contributed by atoms with Crippen LogP contribution in [0.5, 0.6) is 0 Å². The Kier molecular flexibility index (Phi) is 3.52. The third kappa shape index (κ3) is 3.75. The molecule has 0 radical (unpaired) electrons. The van der Waals surface area contributed by atoms with Gasteiger partial charge in [-0.25, -0.2) is 0 Å². The van der Waals surface area contributed by atoms with Crippen molar-refractivity contribution in [3.63, 3.8) is 0 Å². The molecule has 0 aliphatic carbocycles. The number of aromatic nitrogens is 1. The largest absolute Gasteiger partial charge is 0.398 e. The van der Waals surface area contributed by atoms with Crippen molar-refractivity contribution < 1.29 is 13.2 Å². The van der Waals surface area contributed by atoms with Crippen LogP contribution in [0.2, 0.25) is 0 Å². The second-order valence-electron chi connectivity index (χ2n) is 3.26. The molecule has 1 rings (SSSR count). The summed E-state index contributed by atoms with van der Waals surface area (Å²) >= 11 is 0. The van der Waals surface area contributed by atoms with Crippen LogP contribution in [0, 0.1) is 0 Å². The van der Waals surface area contributed by atoms with Gasteiger partial charge in [-0.1, -0.05) is 0 Å². The van der Waals surface area contributed by atoms with Gasteiger partial charge in [0.25, 0.3) is 0 Å². The Morgan fingerprint density at radius 1 is 1.40 bits per heavy atom. The minimum atomic E-state index is -4.19. The molecule has 1 unspecified atom stereocenters. The van der Waals surface area contributed by atoms with E-state index in [1.807, 2.05) is 0 Å². The van der Waals surface area contributed by atoms with Crippen LogP contribution in [0.1, 0.15) is 24.4 Å². The third-order valence-corrected chi connectivity index (χ3v) is 2.03. The quantitative estimate of drug-likeness (QED) is 0.817. The van der Waals surface area contributed by atoms with E-state index in [1.165, 1.54) is 18.5 Å². The number of hydrogen-bond donors (Lipinski definition) is 2. The fraction of sp³-hybridized carbons (Fsp3) is 0.444. The molecule has 84 valence electrons. The maximum atomic E-state index is 11.9. The van der Waals surface area contributed by atoms with Crippen molar-refractivity contribution in [2.75, 3.05) is 5.73 Å². The molecule has 1 aromatic rings. The van der Waals surface area contributed by atoms with Crippen LogP contribution in [-0.2, 0) is 0 Å². The number of nitrogens with zero attached hydrogens (tertiary/aromatic N) is 1. The van der Waals surface area contributed by atoms with Crippen LogP contribution in [0.25, 0.3) is 0 Å². The van der Waals surface area contributed by atoms with E-state index < -0.39 is 18.6 Å².